The maximum absolute atomic E-state index is 12.4. The van der Waals surface area contributed by atoms with Crippen LogP contribution in [0.15, 0.2) is 24.3 Å². The van der Waals surface area contributed by atoms with E-state index in [2.05, 4.69) is 11.8 Å². The van der Waals surface area contributed by atoms with Gasteiger partial charge in [-0.2, -0.15) is 0 Å². The number of benzene rings is 1. The van der Waals surface area contributed by atoms with Crippen LogP contribution in [0.4, 0.5) is 0 Å². The summed E-state index contributed by atoms with van der Waals surface area (Å²) in [5.41, 5.74) is 6.49. The molecule has 21 heavy (non-hydrogen) atoms. The van der Waals surface area contributed by atoms with Gasteiger partial charge in [0.1, 0.15) is 0 Å². The molecule has 0 aliphatic rings. The van der Waals surface area contributed by atoms with Crippen molar-refractivity contribution in [3.05, 3.63) is 35.4 Å². The van der Waals surface area contributed by atoms with E-state index in [0.29, 0.717) is 24.3 Å². The number of rotatable bonds is 5. The fourth-order valence-corrected chi connectivity index (χ4v) is 1.72. The van der Waals surface area contributed by atoms with Crippen LogP contribution >= 0.6 is 0 Å². The monoisotopic (exact) mass is 288 g/mol. The molecule has 0 fully saturated rings. The van der Waals surface area contributed by atoms with Crippen molar-refractivity contribution in [1.29, 1.82) is 0 Å². The summed E-state index contributed by atoms with van der Waals surface area (Å²) in [6.45, 7) is 2.63. The van der Waals surface area contributed by atoms with Gasteiger partial charge in [-0.05, 0) is 19.1 Å². The first-order valence-electron chi connectivity index (χ1n) is 6.79. The first kappa shape index (κ1) is 16.7. The Morgan fingerprint density at radius 2 is 2.05 bits per heavy atom. The van der Waals surface area contributed by atoms with Crippen LogP contribution in [0.25, 0.3) is 0 Å². The van der Waals surface area contributed by atoms with Gasteiger partial charge < -0.3 is 15.4 Å². The van der Waals surface area contributed by atoms with E-state index < -0.39 is 0 Å². The molecular weight excluding hydrogens is 268 g/mol. The molecule has 0 radical (unpaired) electrons. The van der Waals surface area contributed by atoms with E-state index in [1.165, 1.54) is 4.90 Å². The number of carbonyl (C=O) groups is 2. The lowest BCUT2D eigenvalue weighted by molar-refractivity contribution is -0.143. The van der Waals surface area contributed by atoms with Crippen molar-refractivity contribution < 1.29 is 14.3 Å². The Bertz CT molecular complexity index is 558. The molecule has 0 atom stereocenters. The molecule has 1 rings (SSSR count). The number of ether oxygens (including phenoxy) is 1. The molecular formula is C16H20N2O3. The predicted molar refractivity (Wildman–Crippen MR) is 80.6 cm³/mol. The van der Waals surface area contributed by atoms with E-state index in [0.717, 1.165) is 0 Å². The second-order valence-electron chi connectivity index (χ2n) is 4.33. The van der Waals surface area contributed by atoms with Crippen LogP contribution in [0.3, 0.4) is 0 Å². The third-order valence-corrected chi connectivity index (χ3v) is 2.79. The average molecular weight is 288 g/mol. The molecule has 0 saturated heterocycles. The Hall–Kier alpha value is -2.32. The Morgan fingerprint density at radius 1 is 1.33 bits per heavy atom. The number of hydrogen-bond acceptors (Lipinski definition) is 4. The van der Waals surface area contributed by atoms with Gasteiger partial charge in [0.05, 0.1) is 25.1 Å². The van der Waals surface area contributed by atoms with Gasteiger partial charge in [0.25, 0.3) is 5.91 Å². The summed E-state index contributed by atoms with van der Waals surface area (Å²) in [6.07, 6.45) is 0.173. The topological polar surface area (TPSA) is 72.6 Å². The Morgan fingerprint density at radius 3 is 2.71 bits per heavy atom. The third kappa shape index (κ3) is 5.28. The lowest BCUT2D eigenvalue weighted by atomic mass is 10.1. The van der Waals surface area contributed by atoms with Crippen molar-refractivity contribution in [2.24, 2.45) is 5.73 Å². The van der Waals surface area contributed by atoms with E-state index in [9.17, 15) is 9.59 Å². The largest absolute Gasteiger partial charge is 0.466 e. The van der Waals surface area contributed by atoms with Gasteiger partial charge in [-0.25, -0.2) is 0 Å². The predicted octanol–water partition coefficient (Wildman–Crippen LogP) is 1.02. The standard InChI is InChI=1S/C16H20N2O3/c1-3-21-15(19)10-12-18(2)16(20)14-9-5-4-7-13(14)8-6-11-17/h4-5,7,9H,3,10-12,17H2,1-2H3. The van der Waals surface area contributed by atoms with Gasteiger partial charge in [0.2, 0.25) is 0 Å². The van der Waals surface area contributed by atoms with Crippen molar-refractivity contribution in [3.8, 4) is 11.8 Å². The minimum absolute atomic E-state index is 0.173. The minimum atomic E-state index is -0.312. The summed E-state index contributed by atoms with van der Waals surface area (Å²) in [4.78, 5) is 25.2. The van der Waals surface area contributed by atoms with Crippen LogP contribution in [0.2, 0.25) is 0 Å². The van der Waals surface area contributed by atoms with Crippen LogP contribution in [-0.4, -0.2) is 43.5 Å². The molecule has 0 saturated carbocycles. The minimum Gasteiger partial charge on any atom is -0.466 e. The zero-order chi connectivity index (χ0) is 15.7. The van der Waals surface area contributed by atoms with Crippen LogP contribution in [0, 0.1) is 11.8 Å². The van der Waals surface area contributed by atoms with Crippen molar-refractivity contribution in [2.45, 2.75) is 13.3 Å². The fourth-order valence-electron chi connectivity index (χ4n) is 1.72. The molecule has 1 amide bonds. The Labute approximate surface area is 125 Å². The van der Waals surface area contributed by atoms with Crippen LogP contribution in [-0.2, 0) is 9.53 Å². The van der Waals surface area contributed by atoms with E-state index in [-0.39, 0.29) is 24.8 Å². The third-order valence-electron chi connectivity index (χ3n) is 2.79. The van der Waals surface area contributed by atoms with Crippen LogP contribution < -0.4 is 5.73 Å². The second-order valence-corrected chi connectivity index (χ2v) is 4.33. The molecule has 0 aromatic heterocycles. The Balaban J connectivity index is 2.76. The SMILES string of the molecule is CCOC(=O)CCN(C)C(=O)c1ccccc1C#CCN. The van der Waals surface area contributed by atoms with Crippen LogP contribution in [0.5, 0.6) is 0 Å². The molecule has 0 unspecified atom stereocenters. The number of nitrogens with two attached hydrogens (primary N) is 1. The van der Waals surface area contributed by atoms with E-state index in [4.69, 9.17) is 10.5 Å². The maximum Gasteiger partial charge on any atom is 0.307 e. The summed E-state index contributed by atoms with van der Waals surface area (Å²) in [5, 5.41) is 0. The summed E-state index contributed by atoms with van der Waals surface area (Å²) >= 11 is 0. The van der Waals surface area contributed by atoms with Gasteiger partial charge in [-0.3, -0.25) is 9.59 Å². The number of carbonyl (C=O) groups excluding carboxylic acids is 2. The molecule has 5 heteroatoms. The zero-order valence-corrected chi connectivity index (χ0v) is 12.4. The van der Waals surface area contributed by atoms with Crippen LogP contribution in [0.1, 0.15) is 29.3 Å². The quantitative estimate of drug-likeness (QED) is 0.648. The smallest absolute Gasteiger partial charge is 0.307 e. The summed E-state index contributed by atoms with van der Waals surface area (Å²) in [7, 11) is 1.65. The number of hydrogen-bond donors (Lipinski definition) is 1. The molecule has 0 spiro atoms. The van der Waals surface area contributed by atoms with E-state index in [1.807, 2.05) is 6.07 Å². The molecule has 2 N–H and O–H groups in total. The molecule has 0 bridgehead atoms. The number of amides is 1. The van der Waals surface area contributed by atoms with E-state index >= 15 is 0 Å². The van der Waals surface area contributed by atoms with Gasteiger partial charge in [0, 0.05) is 19.2 Å². The summed E-state index contributed by atoms with van der Waals surface area (Å²) in [6, 6.07) is 7.08. The molecule has 5 nitrogen and oxygen atoms in total. The lowest BCUT2D eigenvalue weighted by Crippen LogP contribution is -2.30. The maximum atomic E-state index is 12.4. The molecule has 112 valence electrons. The number of nitrogens with zero attached hydrogens (tertiary/aromatic N) is 1. The highest BCUT2D eigenvalue weighted by atomic mass is 16.5. The van der Waals surface area contributed by atoms with Crippen molar-refractivity contribution >= 4 is 11.9 Å². The van der Waals surface area contributed by atoms with Crippen molar-refractivity contribution in [1.82, 2.24) is 4.90 Å². The van der Waals surface area contributed by atoms with Crippen molar-refractivity contribution in [2.75, 3.05) is 26.7 Å². The molecule has 0 aliphatic heterocycles. The Kier molecular flexibility index (Phi) is 6.99. The highest BCUT2D eigenvalue weighted by molar-refractivity contribution is 5.96. The highest BCUT2D eigenvalue weighted by Crippen LogP contribution is 2.10. The molecule has 0 heterocycles. The number of esters is 1. The van der Waals surface area contributed by atoms with Gasteiger partial charge in [0.15, 0.2) is 0 Å². The van der Waals surface area contributed by atoms with Gasteiger partial charge >= 0.3 is 5.97 Å². The lowest BCUT2D eigenvalue weighted by Gasteiger charge is -2.17. The molecule has 1 aromatic carbocycles. The molecule has 1 aromatic rings. The van der Waals surface area contributed by atoms with E-state index in [1.54, 1.807) is 32.2 Å². The molecule has 0 aliphatic carbocycles. The normalized spacial score (nSPS) is 9.48. The summed E-state index contributed by atoms with van der Waals surface area (Å²) < 4.78 is 4.84. The van der Waals surface area contributed by atoms with Crippen molar-refractivity contribution in [3.63, 3.8) is 0 Å². The average Bonchev–Trinajstić information content (AvgIpc) is 2.50. The first-order chi connectivity index (χ1) is 10.1. The summed E-state index contributed by atoms with van der Waals surface area (Å²) in [5.74, 6) is 5.13. The second kappa shape index (κ2) is 8.77. The highest BCUT2D eigenvalue weighted by Gasteiger charge is 2.15. The van der Waals surface area contributed by atoms with Gasteiger partial charge in [-0.1, -0.05) is 24.0 Å². The fraction of sp³-hybridized carbons (Fsp3) is 0.375. The van der Waals surface area contributed by atoms with Gasteiger partial charge in [-0.15, -0.1) is 0 Å². The first-order valence-corrected chi connectivity index (χ1v) is 6.79. The zero-order valence-electron chi connectivity index (χ0n) is 12.4.